The molecule has 1 spiro atoms. The summed E-state index contributed by atoms with van der Waals surface area (Å²) in [6, 6.07) is 4.83. The molecule has 3 N–H and O–H groups in total. The maximum Gasteiger partial charge on any atom is 0.322 e. The number of hydrogen-bond donors (Lipinski definition) is 3. The van der Waals surface area contributed by atoms with Crippen LogP contribution in [0.15, 0.2) is 18.2 Å². The average molecular weight is 252 g/mol. The van der Waals surface area contributed by atoms with Gasteiger partial charge in [-0.3, -0.25) is 10.1 Å². The second-order valence-electron chi connectivity index (χ2n) is 4.18. The van der Waals surface area contributed by atoms with Crippen molar-refractivity contribution in [1.29, 1.82) is 0 Å². The number of carbonyl (C=O) groups excluding carboxylic acids is 2. The van der Waals surface area contributed by atoms with Gasteiger partial charge in [0, 0.05) is 29.2 Å². The van der Waals surface area contributed by atoms with Crippen LogP contribution in [0.4, 0.5) is 10.5 Å². The summed E-state index contributed by atoms with van der Waals surface area (Å²) in [5.41, 5.74) is 0.584. The normalized spacial score (nSPS) is 26.2. The summed E-state index contributed by atoms with van der Waals surface area (Å²) in [4.78, 5) is 23.3. The van der Waals surface area contributed by atoms with Gasteiger partial charge >= 0.3 is 6.03 Å². The van der Waals surface area contributed by atoms with E-state index in [0.717, 1.165) is 11.3 Å². The zero-order valence-electron chi connectivity index (χ0n) is 8.84. The minimum atomic E-state index is -0.970. The van der Waals surface area contributed by atoms with Gasteiger partial charge in [0.15, 0.2) is 0 Å². The molecule has 3 rings (SSSR count). The number of carbonyl (C=O) groups is 2. The SMILES string of the molecule is O=C1NC(=O)C2(CCNc3ccc(Cl)cc32)N1. The molecule has 17 heavy (non-hydrogen) atoms. The molecule has 1 aromatic rings. The number of amides is 3. The Morgan fingerprint density at radius 2 is 2.12 bits per heavy atom. The molecule has 0 saturated carbocycles. The molecule has 1 fully saturated rings. The van der Waals surface area contributed by atoms with Gasteiger partial charge in [-0.2, -0.15) is 0 Å². The van der Waals surface area contributed by atoms with E-state index in [1.165, 1.54) is 0 Å². The van der Waals surface area contributed by atoms with Crippen LogP contribution >= 0.6 is 11.6 Å². The largest absolute Gasteiger partial charge is 0.385 e. The molecule has 1 atom stereocenters. The van der Waals surface area contributed by atoms with Crippen molar-refractivity contribution >= 4 is 29.2 Å². The molecule has 2 aliphatic rings. The zero-order valence-corrected chi connectivity index (χ0v) is 9.60. The van der Waals surface area contributed by atoms with E-state index in [9.17, 15) is 9.59 Å². The summed E-state index contributed by atoms with van der Waals surface area (Å²) in [6.07, 6.45) is 0.512. The molecule has 1 unspecified atom stereocenters. The van der Waals surface area contributed by atoms with Crippen molar-refractivity contribution in [2.45, 2.75) is 12.0 Å². The number of anilines is 1. The molecule has 6 heteroatoms. The first-order chi connectivity index (χ1) is 8.12. The highest BCUT2D eigenvalue weighted by Gasteiger charge is 2.50. The molecule has 5 nitrogen and oxygen atoms in total. The first-order valence-electron chi connectivity index (χ1n) is 5.29. The lowest BCUT2D eigenvalue weighted by Crippen LogP contribution is -2.47. The first-order valence-corrected chi connectivity index (χ1v) is 5.67. The van der Waals surface area contributed by atoms with Crippen LogP contribution < -0.4 is 16.0 Å². The van der Waals surface area contributed by atoms with Gasteiger partial charge in [-0.05, 0) is 18.2 Å². The number of urea groups is 1. The standard InChI is InChI=1S/C11H10ClN3O2/c12-6-1-2-8-7(5-6)11(3-4-13-8)9(16)14-10(17)15-11/h1-2,5,13H,3-4H2,(H2,14,15,16,17). The number of imide groups is 1. The van der Waals surface area contributed by atoms with Gasteiger partial charge in [0.25, 0.3) is 5.91 Å². The molecule has 3 amide bonds. The summed E-state index contributed by atoms with van der Waals surface area (Å²) in [6.45, 7) is 0.627. The second-order valence-corrected chi connectivity index (χ2v) is 4.62. The average Bonchev–Trinajstić information content (AvgIpc) is 2.56. The highest BCUT2D eigenvalue weighted by Crippen LogP contribution is 2.38. The fourth-order valence-corrected chi connectivity index (χ4v) is 2.57. The van der Waals surface area contributed by atoms with Crippen LogP contribution in [0.2, 0.25) is 5.02 Å². The monoisotopic (exact) mass is 251 g/mol. The van der Waals surface area contributed by atoms with Crippen molar-refractivity contribution in [3.63, 3.8) is 0 Å². The van der Waals surface area contributed by atoms with Crippen molar-refractivity contribution < 1.29 is 9.59 Å². The quantitative estimate of drug-likeness (QED) is 0.607. The Bertz CT molecular complexity index is 531. The predicted octanol–water partition coefficient (Wildman–Crippen LogP) is 1.19. The van der Waals surface area contributed by atoms with Crippen molar-refractivity contribution in [2.75, 3.05) is 11.9 Å². The molecule has 88 valence electrons. The summed E-state index contributed by atoms with van der Waals surface area (Å²) < 4.78 is 0. The summed E-state index contributed by atoms with van der Waals surface area (Å²) >= 11 is 5.95. The maximum atomic E-state index is 12.0. The lowest BCUT2D eigenvalue weighted by molar-refractivity contribution is -0.124. The van der Waals surface area contributed by atoms with Crippen molar-refractivity contribution in [3.05, 3.63) is 28.8 Å². The number of benzene rings is 1. The van der Waals surface area contributed by atoms with Crippen LogP contribution in [0, 0.1) is 0 Å². The van der Waals surface area contributed by atoms with E-state index < -0.39 is 11.6 Å². The van der Waals surface area contributed by atoms with Gasteiger partial charge < -0.3 is 10.6 Å². The van der Waals surface area contributed by atoms with Gasteiger partial charge in [-0.15, -0.1) is 0 Å². The van der Waals surface area contributed by atoms with Crippen LogP contribution in [-0.4, -0.2) is 18.5 Å². The van der Waals surface area contributed by atoms with Gasteiger partial charge in [-0.1, -0.05) is 11.6 Å². The molecular formula is C11H10ClN3O2. The predicted molar refractivity (Wildman–Crippen MR) is 62.9 cm³/mol. The summed E-state index contributed by atoms with van der Waals surface area (Å²) in [5.74, 6) is -0.312. The summed E-state index contributed by atoms with van der Waals surface area (Å²) in [7, 11) is 0. The van der Waals surface area contributed by atoms with Gasteiger partial charge in [-0.25, -0.2) is 4.79 Å². The van der Waals surface area contributed by atoms with Crippen LogP contribution in [0.1, 0.15) is 12.0 Å². The minimum Gasteiger partial charge on any atom is -0.385 e. The highest BCUT2D eigenvalue weighted by atomic mass is 35.5. The Hall–Kier alpha value is -1.75. The van der Waals surface area contributed by atoms with Crippen LogP contribution in [0.25, 0.3) is 0 Å². The smallest absolute Gasteiger partial charge is 0.322 e. The Labute approximate surface area is 103 Å². The number of hydrogen-bond acceptors (Lipinski definition) is 3. The number of rotatable bonds is 0. The third kappa shape index (κ3) is 1.39. The molecule has 0 radical (unpaired) electrons. The third-order valence-electron chi connectivity index (χ3n) is 3.20. The van der Waals surface area contributed by atoms with Gasteiger partial charge in [0.2, 0.25) is 0 Å². The lowest BCUT2D eigenvalue weighted by Gasteiger charge is -2.33. The Morgan fingerprint density at radius 3 is 2.82 bits per heavy atom. The van der Waals surface area contributed by atoms with Gasteiger partial charge in [0.05, 0.1) is 0 Å². The molecule has 0 aliphatic carbocycles. The maximum absolute atomic E-state index is 12.0. The minimum absolute atomic E-state index is 0.312. The zero-order chi connectivity index (χ0) is 12.0. The van der Waals surface area contributed by atoms with Crippen molar-refractivity contribution in [2.24, 2.45) is 0 Å². The van der Waals surface area contributed by atoms with Crippen LogP contribution in [0.3, 0.4) is 0 Å². The van der Waals surface area contributed by atoms with Crippen LogP contribution in [0.5, 0.6) is 0 Å². The topological polar surface area (TPSA) is 70.2 Å². The number of fused-ring (bicyclic) bond motifs is 2. The Kier molecular flexibility index (Phi) is 2.06. The van der Waals surface area contributed by atoms with Crippen LogP contribution in [-0.2, 0) is 10.3 Å². The van der Waals surface area contributed by atoms with Crippen molar-refractivity contribution in [3.8, 4) is 0 Å². The third-order valence-corrected chi connectivity index (χ3v) is 3.43. The lowest BCUT2D eigenvalue weighted by atomic mass is 9.83. The molecule has 2 aliphatic heterocycles. The molecule has 2 heterocycles. The Balaban J connectivity index is 2.19. The summed E-state index contributed by atoms with van der Waals surface area (Å²) in [5, 5.41) is 8.71. The second kappa shape index (κ2) is 3.37. The fraction of sp³-hybridized carbons (Fsp3) is 0.273. The molecule has 0 bridgehead atoms. The van der Waals surface area contributed by atoms with E-state index in [1.807, 2.05) is 6.07 Å². The Morgan fingerprint density at radius 1 is 1.29 bits per heavy atom. The number of halogens is 1. The highest BCUT2D eigenvalue weighted by molar-refractivity contribution is 6.30. The van der Waals surface area contributed by atoms with E-state index in [1.54, 1.807) is 12.1 Å². The van der Waals surface area contributed by atoms with Crippen molar-refractivity contribution in [1.82, 2.24) is 10.6 Å². The molecular weight excluding hydrogens is 242 g/mol. The fourth-order valence-electron chi connectivity index (χ4n) is 2.40. The number of nitrogens with one attached hydrogen (secondary N) is 3. The first kappa shape index (κ1) is 10.4. The van der Waals surface area contributed by atoms with E-state index >= 15 is 0 Å². The van der Waals surface area contributed by atoms with E-state index in [4.69, 9.17) is 11.6 Å². The van der Waals surface area contributed by atoms with Gasteiger partial charge in [0.1, 0.15) is 5.54 Å². The molecule has 1 aromatic carbocycles. The van der Waals surface area contributed by atoms with E-state index in [2.05, 4.69) is 16.0 Å². The molecule has 0 aromatic heterocycles. The molecule has 1 saturated heterocycles. The van der Waals surface area contributed by atoms with E-state index in [0.29, 0.717) is 18.0 Å². The van der Waals surface area contributed by atoms with E-state index in [-0.39, 0.29) is 5.91 Å².